The first-order valence-electron chi connectivity index (χ1n) is 11.2. The van der Waals surface area contributed by atoms with Crippen LogP contribution in [-0.2, 0) is 22.6 Å². The molecule has 0 unspecified atom stereocenters. The molecule has 0 fully saturated rings. The number of carbonyl (C=O) groups excluding carboxylic acids is 1. The van der Waals surface area contributed by atoms with E-state index in [1.54, 1.807) is 6.07 Å². The van der Waals surface area contributed by atoms with E-state index in [-0.39, 0.29) is 19.6 Å². The van der Waals surface area contributed by atoms with Crippen LogP contribution < -0.4 is 4.74 Å². The maximum atomic E-state index is 12.4. The molecule has 0 radical (unpaired) electrons. The Morgan fingerprint density at radius 1 is 0.857 bits per heavy atom. The molecule has 0 atom stereocenters. The van der Waals surface area contributed by atoms with E-state index in [1.807, 2.05) is 66.7 Å². The smallest absolute Gasteiger partial charge is 0.389 e. The topological polar surface area (TPSA) is 35.5 Å². The van der Waals surface area contributed by atoms with Gasteiger partial charge in [-0.15, -0.1) is 6.58 Å². The van der Waals surface area contributed by atoms with Crippen molar-refractivity contribution >= 4 is 5.97 Å². The lowest BCUT2D eigenvalue weighted by Gasteiger charge is -2.15. The predicted molar refractivity (Wildman–Crippen MR) is 132 cm³/mol. The molecule has 0 aliphatic heterocycles. The zero-order valence-electron chi connectivity index (χ0n) is 19.3. The zero-order chi connectivity index (χ0) is 25.3. The van der Waals surface area contributed by atoms with E-state index < -0.39 is 18.6 Å². The summed E-state index contributed by atoms with van der Waals surface area (Å²) in [6.07, 6.45) is -1.46. The Balaban J connectivity index is 1.87. The van der Waals surface area contributed by atoms with Crippen LogP contribution in [0.4, 0.5) is 13.2 Å². The molecule has 3 rings (SSSR count). The molecule has 0 aliphatic rings. The Morgan fingerprint density at radius 3 is 2.09 bits per heavy atom. The lowest BCUT2D eigenvalue weighted by molar-refractivity contribution is -0.139. The van der Waals surface area contributed by atoms with Gasteiger partial charge in [-0.25, -0.2) is 4.79 Å². The van der Waals surface area contributed by atoms with Gasteiger partial charge in [0.1, 0.15) is 12.4 Å². The normalized spacial score (nSPS) is 11.1. The minimum atomic E-state index is -4.19. The number of hydrogen-bond donors (Lipinski definition) is 0. The number of halogens is 3. The fourth-order valence-electron chi connectivity index (χ4n) is 3.55. The Morgan fingerprint density at radius 2 is 1.49 bits per heavy atom. The quantitative estimate of drug-likeness (QED) is 0.122. The highest BCUT2D eigenvalue weighted by molar-refractivity contribution is 5.84. The van der Waals surface area contributed by atoms with Crippen molar-refractivity contribution in [3.8, 4) is 28.0 Å². The predicted octanol–water partition coefficient (Wildman–Crippen LogP) is 7.70. The van der Waals surface area contributed by atoms with Crippen LogP contribution >= 0.6 is 0 Å². The van der Waals surface area contributed by atoms with Gasteiger partial charge >= 0.3 is 12.1 Å². The second-order valence-electron chi connectivity index (χ2n) is 7.97. The first kappa shape index (κ1) is 25.8. The van der Waals surface area contributed by atoms with Crippen LogP contribution in [0.3, 0.4) is 0 Å². The summed E-state index contributed by atoms with van der Waals surface area (Å²) in [7, 11) is 0. The van der Waals surface area contributed by atoms with Crippen molar-refractivity contribution < 1.29 is 27.4 Å². The number of alkyl halides is 3. The van der Waals surface area contributed by atoms with E-state index in [1.165, 1.54) is 0 Å². The molecule has 0 spiro atoms. The fourth-order valence-corrected chi connectivity index (χ4v) is 3.55. The van der Waals surface area contributed by atoms with Gasteiger partial charge in [-0.3, -0.25) is 0 Å². The highest BCUT2D eigenvalue weighted by Crippen LogP contribution is 2.35. The number of allylic oxidation sites excluding steroid dienone is 1. The summed E-state index contributed by atoms with van der Waals surface area (Å²) in [6.45, 7) is 7.28. The third-order valence-corrected chi connectivity index (χ3v) is 5.32. The van der Waals surface area contributed by atoms with Crippen LogP contribution in [0.25, 0.3) is 22.3 Å². The second-order valence-corrected chi connectivity index (χ2v) is 7.97. The Labute approximate surface area is 203 Å². The van der Waals surface area contributed by atoms with Gasteiger partial charge in [0.2, 0.25) is 0 Å². The molecule has 0 amide bonds. The van der Waals surface area contributed by atoms with Gasteiger partial charge in [-0.1, -0.05) is 67.3 Å². The van der Waals surface area contributed by atoms with Crippen molar-refractivity contribution in [2.24, 2.45) is 0 Å². The molecule has 0 aromatic heterocycles. The first-order chi connectivity index (χ1) is 16.8. The largest absolute Gasteiger partial charge is 0.494 e. The van der Waals surface area contributed by atoms with Crippen LogP contribution in [0.5, 0.6) is 5.75 Å². The number of benzene rings is 3. The van der Waals surface area contributed by atoms with Crippen molar-refractivity contribution in [1.82, 2.24) is 0 Å². The number of rotatable bonds is 11. The molecule has 0 saturated heterocycles. The molecule has 0 aliphatic carbocycles. The minimum Gasteiger partial charge on any atom is -0.494 e. The zero-order valence-corrected chi connectivity index (χ0v) is 19.3. The molecule has 3 nitrogen and oxygen atoms in total. The molecule has 0 heterocycles. The Bertz CT molecular complexity index is 1150. The molecule has 0 bridgehead atoms. The number of hydrogen-bond acceptors (Lipinski definition) is 3. The molecule has 3 aromatic carbocycles. The number of esters is 1. The van der Waals surface area contributed by atoms with E-state index in [0.717, 1.165) is 45.9 Å². The van der Waals surface area contributed by atoms with Crippen LogP contribution in [0.15, 0.2) is 92.0 Å². The van der Waals surface area contributed by atoms with Gasteiger partial charge in [0, 0.05) is 12.5 Å². The third kappa shape index (κ3) is 7.88. The van der Waals surface area contributed by atoms with E-state index in [9.17, 15) is 18.0 Å². The third-order valence-electron chi connectivity index (χ3n) is 5.32. The van der Waals surface area contributed by atoms with Crippen molar-refractivity contribution in [3.05, 3.63) is 103 Å². The standard InChI is InChI=1S/C29H27F3O3/c1-3-6-21-7-11-24(12-8-21)27-19-25(34-18-5-17-29(30,31)32)15-16-26(27)23-13-9-22(10-14-23)20-35-28(33)4-2/h3-4,7-16,19H,1-2,5-6,17-18,20H2. The van der Waals surface area contributed by atoms with Crippen molar-refractivity contribution in [1.29, 1.82) is 0 Å². The SMILES string of the molecule is C=CCc1ccc(-c2cc(OCCCC(F)(F)F)ccc2-c2ccc(COC(=O)C=C)cc2)cc1. The second kappa shape index (κ2) is 12.1. The Kier molecular flexibility index (Phi) is 8.90. The van der Waals surface area contributed by atoms with E-state index in [2.05, 4.69) is 13.2 Å². The average molecular weight is 481 g/mol. The summed E-state index contributed by atoms with van der Waals surface area (Å²) in [6, 6.07) is 21.2. The van der Waals surface area contributed by atoms with E-state index >= 15 is 0 Å². The van der Waals surface area contributed by atoms with Gasteiger partial charge in [-0.2, -0.15) is 13.2 Å². The summed E-state index contributed by atoms with van der Waals surface area (Å²) in [5, 5.41) is 0. The molecular formula is C29H27F3O3. The maximum absolute atomic E-state index is 12.4. The molecular weight excluding hydrogens is 453 g/mol. The lowest BCUT2D eigenvalue weighted by Crippen LogP contribution is -2.09. The number of carbonyl (C=O) groups is 1. The summed E-state index contributed by atoms with van der Waals surface area (Å²) in [5.41, 5.74) is 5.70. The van der Waals surface area contributed by atoms with Crippen LogP contribution in [0.2, 0.25) is 0 Å². The van der Waals surface area contributed by atoms with E-state index in [0.29, 0.717) is 5.75 Å². The van der Waals surface area contributed by atoms with Gasteiger partial charge in [0.05, 0.1) is 6.61 Å². The first-order valence-corrected chi connectivity index (χ1v) is 11.2. The highest BCUT2D eigenvalue weighted by Gasteiger charge is 2.26. The molecule has 35 heavy (non-hydrogen) atoms. The highest BCUT2D eigenvalue weighted by atomic mass is 19.4. The maximum Gasteiger partial charge on any atom is 0.389 e. The van der Waals surface area contributed by atoms with E-state index in [4.69, 9.17) is 9.47 Å². The molecule has 0 N–H and O–H groups in total. The lowest BCUT2D eigenvalue weighted by atomic mass is 9.93. The van der Waals surface area contributed by atoms with Crippen LogP contribution in [-0.4, -0.2) is 18.8 Å². The van der Waals surface area contributed by atoms with Gasteiger partial charge in [-0.05, 0) is 58.4 Å². The molecule has 3 aromatic rings. The number of ether oxygens (including phenoxy) is 2. The van der Waals surface area contributed by atoms with Gasteiger partial charge in [0.25, 0.3) is 0 Å². The van der Waals surface area contributed by atoms with Gasteiger partial charge in [0.15, 0.2) is 0 Å². The van der Waals surface area contributed by atoms with Crippen LogP contribution in [0, 0.1) is 0 Å². The molecule has 0 saturated carbocycles. The fraction of sp³-hybridized carbons (Fsp3) is 0.207. The van der Waals surface area contributed by atoms with Gasteiger partial charge < -0.3 is 9.47 Å². The van der Waals surface area contributed by atoms with Crippen molar-refractivity contribution in [3.63, 3.8) is 0 Å². The van der Waals surface area contributed by atoms with Crippen molar-refractivity contribution in [2.75, 3.05) is 6.61 Å². The summed E-state index contributed by atoms with van der Waals surface area (Å²) in [4.78, 5) is 11.3. The molecule has 182 valence electrons. The summed E-state index contributed by atoms with van der Waals surface area (Å²) >= 11 is 0. The molecule has 6 heteroatoms. The Hall–Kier alpha value is -3.80. The monoisotopic (exact) mass is 480 g/mol. The minimum absolute atomic E-state index is 0.0192. The summed E-state index contributed by atoms with van der Waals surface area (Å²) in [5.74, 6) is 0.0242. The average Bonchev–Trinajstić information content (AvgIpc) is 2.85. The summed E-state index contributed by atoms with van der Waals surface area (Å²) < 4.78 is 48.0. The van der Waals surface area contributed by atoms with Crippen LogP contribution in [0.1, 0.15) is 24.0 Å². The van der Waals surface area contributed by atoms with Crippen molar-refractivity contribution in [2.45, 2.75) is 32.0 Å².